The molecule has 0 amide bonds. The van der Waals surface area contributed by atoms with Gasteiger partial charge in [-0.25, -0.2) is 12.7 Å². The number of nitrogens with zero attached hydrogens (tertiary/aromatic N) is 2. The third-order valence-corrected chi connectivity index (χ3v) is 4.85. The van der Waals surface area contributed by atoms with Gasteiger partial charge in [0.05, 0.1) is 18.1 Å². The smallest absolute Gasteiger partial charge is 0.322 e. The number of piperidine rings is 1. The number of carbonyl (C=O) groups is 1. The van der Waals surface area contributed by atoms with Crippen molar-refractivity contribution in [3.05, 3.63) is 0 Å². The quantitative estimate of drug-likeness (QED) is 0.697. The van der Waals surface area contributed by atoms with Crippen molar-refractivity contribution in [1.82, 2.24) is 4.31 Å². The third-order valence-electron chi connectivity index (χ3n) is 3.09. The number of esters is 1. The van der Waals surface area contributed by atoms with Crippen LogP contribution in [0.15, 0.2) is 0 Å². The number of nitriles is 1. The average Bonchev–Trinajstić information content (AvgIpc) is 2.29. The highest BCUT2D eigenvalue weighted by atomic mass is 32.2. The van der Waals surface area contributed by atoms with Gasteiger partial charge in [0.25, 0.3) is 0 Å². The molecule has 0 unspecified atom stereocenters. The fourth-order valence-corrected chi connectivity index (χ4v) is 3.12. The Morgan fingerprint density at radius 3 is 2.44 bits per heavy atom. The molecule has 0 bridgehead atoms. The van der Waals surface area contributed by atoms with E-state index in [0.29, 0.717) is 12.8 Å². The lowest BCUT2D eigenvalue weighted by Gasteiger charge is -2.33. The lowest BCUT2D eigenvalue weighted by Crippen LogP contribution is -2.43. The summed E-state index contributed by atoms with van der Waals surface area (Å²) in [6.07, 6.45) is 0.983. The van der Waals surface area contributed by atoms with Crippen molar-refractivity contribution in [3.8, 4) is 6.07 Å². The summed E-state index contributed by atoms with van der Waals surface area (Å²) in [5.74, 6) is -1.35. The predicted octanol–water partition coefficient (Wildman–Crippen LogP) is 0.505. The highest BCUT2D eigenvalue weighted by Gasteiger charge is 2.35. The summed E-state index contributed by atoms with van der Waals surface area (Å²) >= 11 is 0. The number of hydrogen-bond donors (Lipinski definition) is 0. The van der Waals surface area contributed by atoms with Crippen molar-refractivity contribution in [2.75, 3.05) is 25.4 Å². The molecule has 1 saturated heterocycles. The van der Waals surface area contributed by atoms with Crippen LogP contribution in [0, 0.1) is 16.7 Å². The Kier molecular flexibility index (Phi) is 4.71. The molecule has 0 aliphatic carbocycles. The van der Waals surface area contributed by atoms with Gasteiger partial charge in [0, 0.05) is 13.1 Å². The maximum atomic E-state index is 11.9. The molecule has 18 heavy (non-hydrogen) atoms. The first-order valence-corrected chi connectivity index (χ1v) is 7.48. The van der Waals surface area contributed by atoms with E-state index in [-0.39, 0.29) is 19.7 Å². The van der Waals surface area contributed by atoms with E-state index in [4.69, 9.17) is 5.26 Å². The van der Waals surface area contributed by atoms with Crippen LogP contribution in [0.25, 0.3) is 0 Å². The second-order valence-electron chi connectivity index (χ2n) is 4.63. The van der Waals surface area contributed by atoms with Crippen molar-refractivity contribution in [2.24, 2.45) is 5.41 Å². The van der Waals surface area contributed by atoms with Crippen molar-refractivity contribution in [1.29, 1.82) is 5.26 Å². The Labute approximate surface area is 108 Å². The molecular weight excluding hydrogens is 256 g/mol. The largest absolute Gasteiger partial charge is 0.465 e. The molecule has 1 fully saturated rings. The zero-order valence-electron chi connectivity index (χ0n) is 10.7. The number of carbonyl (C=O) groups excluding carboxylic acids is 1. The monoisotopic (exact) mass is 274 g/mol. The number of ether oxygens (including phenoxy) is 1. The Morgan fingerprint density at radius 2 is 2.00 bits per heavy atom. The molecule has 0 radical (unpaired) electrons. The van der Waals surface area contributed by atoms with Crippen molar-refractivity contribution in [3.63, 3.8) is 0 Å². The van der Waals surface area contributed by atoms with E-state index in [1.807, 2.05) is 6.92 Å². The first kappa shape index (κ1) is 14.9. The first-order valence-electron chi connectivity index (χ1n) is 5.88. The summed E-state index contributed by atoms with van der Waals surface area (Å²) in [6.45, 7) is 4.19. The molecule has 0 aromatic carbocycles. The summed E-state index contributed by atoms with van der Waals surface area (Å²) in [6, 6.07) is 2.20. The topological polar surface area (TPSA) is 87.5 Å². The summed E-state index contributed by atoms with van der Waals surface area (Å²) in [7, 11) is -3.61. The van der Waals surface area contributed by atoms with Gasteiger partial charge in [-0.05, 0) is 26.7 Å². The van der Waals surface area contributed by atoms with Gasteiger partial charge in [-0.15, -0.1) is 0 Å². The van der Waals surface area contributed by atoms with Gasteiger partial charge in [-0.1, -0.05) is 0 Å². The van der Waals surface area contributed by atoms with Crippen LogP contribution in [0.2, 0.25) is 0 Å². The van der Waals surface area contributed by atoms with Crippen LogP contribution >= 0.6 is 0 Å². The Balaban J connectivity index is 2.62. The van der Waals surface area contributed by atoms with Crippen molar-refractivity contribution < 1.29 is 17.9 Å². The molecule has 6 nitrogen and oxygen atoms in total. The number of hydrogen-bond acceptors (Lipinski definition) is 5. The summed E-state index contributed by atoms with van der Waals surface area (Å²) in [4.78, 5) is 11.2. The number of rotatable bonds is 4. The minimum atomic E-state index is -3.61. The van der Waals surface area contributed by atoms with Gasteiger partial charge in [0.2, 0.25) is 10.0 Å². The van der Waals surface area contributed by atoms with Gasteiger partial charge >= 0.3 is 5.97 Å². The molecule has 0 saturated carbocycles. The van der Waals surface area contributed by atoms with E-state index < -0.39 is 27.2 Å². The average molecular weight is 274 g/mol. The van der Waals surface area contributed by atoms with Crippen molar-refractivity contribution >= 4 is 16.0 Å². The standard InChI is InChI=1S/C11H18N2O4S/c1-3-17-10(14)8-18(15,16)13-6-4-11(2,9-12)5-7-13/h3-8H2,1-2H3. The molecule has 0 spiro atoms. The second-order valence-corrected chi connectivity index (χ2v) is 6.60. The molecule has 0 aromatic rings. The van der Waals surface area contributed by atoms with Gasteiger partial charge in [0.1, 0.15) is 0 Å². The lowest BCUT2D eigenvalue weighted by atomic mass is 9.83. The van der Waals surface area contributed by atoms with E-state index in [2.05, 4.69) is 10.8 Å². The molecule has 7 heteroatoms. The molecular formula is C11H18N2O4S. The van der Waals surface area contributed by atoms with Crippen LogP contribution in [0.4, 0.5) is 0 Å². The second kappa shape index (κ2) is 5.67. The molecule has 102 valence electrons. The van der Waals surface area contributed by atoms with Gasteiger partial charge in [0.15, 0.2) is 5.75 Å². The van der Waals surface area contributed by atoms with Crippen LogP contribution < -0.4 is 0 Å². The fourth-order valence-electron chi connectivity index (χ4n) is 1.81. The van der Waals surface area contributed by atoms with E-state index in [1.165, 1.54) is 4.31 Å². The maximum absolute atomic E-state index is 11.9. The molecule has 1 heterocycles. The van der Waals surface area contributed by atoms with Crippen LogP contribution in [0.1, 0.15) is 26.7 Å². The summed E-state index contributed by atoms with van der Waals surface area (Å²) < 4.78 is 29.7. The molecule has 0 aromatic heterocycles. The molecule has 0 N–H and O–H groups in total. The van der Waals surface area contributed by atoms with Gasteiger partial charge < -0.3 is 4.74 Å². The van der Waals surface area contributed by atoms with E-state index in [1.54, 1.807) is 6.92 Å². The highest BCUT2D eigenvalue weighted by Crippen LogP contribution is 2.30. The van der Waals surface area contributed by atoms with Crippen LogP contribution in [0.3, 0.4) is 0 Å². The summed E-state index contributed by atoms with van der Waals surface area (Å²) in [5.41, 5.74) is -0.462. The third kappa shape index (κ3) is 3.68. The maximum Gasteiger partial charge on any atom is 0.322 e. The molecule has 1 aliphatic rings. The number of sulfonamides is 1. The normalized spacial score (nSPS) is 20.1. The van der Waals surface area contributed by atoms with Gasteiger partial charge in [-0.3, -0.25) is 4.79 Å². The minimum absolute atomic E-state index is 0.168. The molecule has 1 rings (SSSR count). The SMILES string of the molecule is CCOC(=O)CS(=O)(=O)N1CCC(C)(C#N)CC1. The van der Waals surface area contributed by atoms with Crippen LogP contribution in [-0.4, -0.2) is 44.1 Å². The predicted molar refractivity (Wildman–Crippen MR) is 64.9 cm³/mol. The zero-order valence-corrected chi connectivity index (χ0v) is 11.5. The van der Waals surface area contributed by atoms with E-state index in [9.17, 15) is 13.2 Å². The Hall–Kier alpha value is -1.13. The zero-order chi connectivity index (χ0) is 13.8. The Bertz CT molecular complexity index is 444. The molecule has 0 atom stereocenters. The van der Waals surface area contributed by atoms with Gasteiger partial charge in [-0.2, -0.15) is 5.26 Å². The summed E-state index contributed by atoms with van der Waals surface area (Å²) in [5, 5.41) is 8.96. The Morgan fingerprint density at radius 1 is 1.44 bits per heavy atom. The highest BCUT2D eigenvalue weighted by molar-refractivity contribution is 7.89. The lowest BCUT2D eigenvalue weighted by molar-refractivity contribution is -0.140. The fraction of sp³-hybridized carbons (Fsp3) is 0.818. The van der Waals surface area contributed by atoms with Crippen LogP contribution in [0.5, 0.6) is 0 Å². The molecule has 1 aliphatic heterocycles. The first-order chi connectivity index (χ1) is 8.33. The minimum Gasteiger partial charge on any atom is -0.465 e. The van der Waals surface area contributed by atoms with Crippen LogP contribution in [-0.2, 0) is 19.6 Å². The van der Waals surface area contributed by atoms with E-state index in [0.717, 1.165) is 0 Å². The van der Waals surface area contributed by atoms with E-state index >= 15 is 0 Å². The van der Waals surface area contributed by atoms with Crippen molar-refractivity contribution in [2.45, 2.75) is 26.7 Å².